The number of aliphatic carboxylic acids is 1. The molecule has 0 aliphatic carbocycles. The monoisotopic (exact) mass is 392 g/mol. The van der Waals surface area contributed by atoms with E-state index in [2.05, 4.69) is 25.9 Å². The Labute approximate surface area is 164 Å². The Hall–Kier alpha value is -4.26. The molecule has 2 aromatic heterocycles. The van der Waals surface area contributed by atoms with Gasteiger partial charge in [0.1, 0.15) is 5.41 Å². The summed E-state index contributed by atoms with van der Waals surface area (Å²) in [5.74, 6) is 0.0574. The second kappa shape index (κ2) is 7.40. The number of carbonyl (C=O) groups is 2. The zero-order chi connectivity index (χ0) is 21.2. The first-order valence-corrected chi connectivity index (χ1v) is 8.32. The van der Waals surface area contributed by atoms with Gasteiger partial charge in [0, 0.05) is 12.8 Å². The SMILES string of the molecule is C#CC[C@@](Cc1cnc2nc(N)nc(N)c2n1)(C(=O)O)c1ccc(C(=O)O)cc1. The Morgan fingerprint density at radius 1 is 1.10 bits per heavy atom. The summed E-state index contributed by atoms with van der Waals surface area (Å²) in [5.41, 5.74) is 10.9. The molecule has 1 atom stereocenters. The largest absolute Gasteiger partial charge is 0.481 e. The van der Waals surface area contributed by atoms with Gasteiger partial charge in [0.15, 0.2) is 17.0 Å². The molecule has 3 rings (SSSR count). The van der Waals surface area contributed by atoms with Crippen LogP contribution in [0.25, 0.3) is 11.2 Å². The fourth-order valence-electron chi connectivity index (χ4n) is 3.02. The van der Waals surface area contributed by atoms with Crippen LogP contribution in [-0.2, 0) is 16.6 Å². The number of hydrogen-bond acceptors (Lipinski definition) is 8. The molecule has 146 valence electrons. The van der Waals surface area contributed by atoms with Crippen LogP contribution in [0.3, 0.4) is 0 Å². The van der Waals surface area contributed by atoms with Gasteiger partial charge in [0.05, 0.1) is 17.5 Å². The maximum atomic E-state index is 12.3. The fraction of sp³-hybridized carbons (Fsp3) is 0.158. The molecule has 2 heterocycles. The third kappa shape index (κ3) is 3.61. The number of nitrogen functional groups attached to an aromatic ring is 2. The highest BCUT2D eigenvalue weighted by molar-refractivity contribution is 5.88. The Morgan fingerprint density at radius 3 is 2.38 bits per heavy atom. The number of benzene rings is 1. The van der Waals surface area contributed by atoms with E-state index >= 15 is 0 Å². The first-order valence-electron chi connectivity index (χ1n) is 8.32. The Balaban J connectivity index is 2.10. The number of nitrogens with two attached hydrogens (primary N) is 2. The van der Waals surface area contributed by atoms with Crippen molar-refractivity contribution in [1.29, 1.82) is 0 Å². The second-order valence-electron chi connectivity index (χ2n) is 6.33. The number of hydrogen-bond donors (Lipinski definition) is 4. The smallest absolute Gasteiger partial charge is 0.335 e. The van der Waals surface area contributed by atoms with Crippen LogP contribution in [0.15, 0.2) is 30.5 Å². The van der Waals surface area contributed by atoms with Crippen molar-refractivity contribution in [3.63, 3.8) is 0 Å². The average Bonchev–Trinajstić information content (AvgIpc) is 2.68. The lowest BCUT2D eigenvalue weighted by atomic mass is 9.74. The number of carboxylic acids is 2. The van der Waals surface area contributed by atoms with Crippen LogP contribution in [0.1, 0.15) is 28.0 Å². The second-order valence-corrected chi connectivity index (χ2v) is 6.33. The zero-order valence-electron chi connectivity index (χ0n) is 15.0. The van der Waals surface area contributed by atoms with E-state index in [4.69, 9.17) is 23.0 Å². The fourth-order valence-corrected chi connectivity index (χ4v) is 3.02. The van der Waals surface area contributed by atoms with Gasteiger partial charge in [-0.2, -0.15) is 9.97 Å². The summed E-state index contributed by atoms with van der Waals surface area (Å²) < 4.78 is 0. The maximum absolute atomic E-state index is 12.3. The minimum absolute atomic E-state index is 0.0190. The quantitative estimate of drug-likeness (QED) is 0.440. The molecular formula is C19H16N6O4. The Morgan fingerprint density at radius 2 is 1.79 bits per heavy atom. The molecule has 0 bridgehead atoms. The molecule has 0 aliphatic heterocycles. The standard InChI is InChI=1S/C19H16N6O4/c1-2-7-19(17(28)29,11-5-3-10(4-6-11)16(26)27)8-12-9-22-15-13(23-12)14(20)24-18(21)25-15/h1,3-6,9H,7-8H2,(H,26,27)(H,28,29)(H4,20,21,22,24,25)/t19-/m0/s1. The number of terminal acetylenes is 1. The molecule has 0 aliphatic rings. The molecule has 0 saturated heterocycles. The minimum atomic E-state index is -1.54. The molecule has 0 saturated carbocycles. The Kier molecular flexibility index (Phi) is 4.97. The first kappa shape index (κ1) is 19.5. The van der Waals surface area contributed by atoms with Crippen molar-refractivity contribution in [2.75, 3.05) is 11.5 Å². The molecule has 1 aromatic carbocycles. The lowest BCUT2D eigenvalue weighted by Crippen LogP contribution is -2.38. The van der Waals surface area contributed by atoms with Crippen molar-refractivity contribution in [2.45, 2.75) is 18.3 Å². The summed E-state index contributed by atoms with van der Waals surface area (Å²) in [6.07, 6.45) is 6.57. The van der Waals surface area contributed by atoms with Gasteiger partial charge in [-0.1, -0.05) is 12.1 Å². The minimum Gasteiger partial charge on any atom is -0.481 e. The van der Waals surface area contributed by atoms with Gasteiger partial charge in [-0.15, -0.1) is 12.3 Å². The normalized spacial score (nSPS) is 12.8. The Bertz CT molecular complexity index is 1160. The van der Waals surface area contributed by atoms with Crippen LogP contribution in [0, 0.1) is 12.3 Å². The van der Waals surface area contributed by atoms with Gasteiger partial charge in [-0.25, -0.2) is 14.8 Å². The lowest BCUT2D eigenvalue weighted by Gasteiger charge is -2.28. The van der Waals surface area contributed by atoms with E-state index in [1.807, 2.05) is 0 Å². The molecule has 6 N–H and O–H groups in total. The van der Waals surface area contributed by atoms with E-state index in [9.17, 15) is 14.7 Å². The maximum Gasteiger partial charge on any atom is 0.335 e. The summed E-state index contributed by atoms with van der Waals surface area (Å²) in [5, 5.41) is 19.1. The van der Waals surface area contributed by atoms with Crippen molar-refractivity contribution in [2.24, 2.45) is 0 Å². The summed E-state index contributed by atoms with van der Waals surface area (Å²) in [6.45, 7) is 0. The summed E-state index contributed by atoms with van der Waals surface area (Å²) >= 11 is 0. The topological polar surface area (TPSA) is 178 Å². The highest BCUT2D eigenvalue weighted by atomic mass is 16.4. The summed E-state index contributed by atoms with van der Waals surface area (Å²) in [6, 6.07) is 5.52. The van der Waals surface area contributed by atoms with Gasteiger partial charge in [0.25, 0.3) is 0 Å². The van der Waals surface area contributed by atoms with Gasteiger partial charge in [0.2, 0.25) is 5.95 Å². The molecule has 10 nitrogen and oxygen atoms in total. The van der Waals surface area contributed by atoms with Crippen LogP contribution >= 0.6 is 0 Å². The molecular weight excluding hydrogens is 376 g/mol. The molecule has 0 spiro atoms. The van der Waals surface area contributed by atoms with Crippen LogP contribution in [0.2, 0.25) is 0 Å². The number of carboxylic acid groups (broad SMARTS) is 2. The van der Waals surface area contributed by atoms with Crippen molar-refractivity contribution < 1.29 is 19.8 Å². The lowest BCUT2D eigenvalue weighted by molar-refractivity contribution is -0.143. The van der Waals surface area contributed by atoms with E-state index < -0.39 is 17.4 Å². The molecule has 0 unspecified atom stereocenters. The predicted molar refractivity (Wildman–Crippen MR) is 104 cm³/mol. The van der Waals surface area contributed by atoms with E-state index in [0.29, 0.717) is 11.3 Å². The van der Waals surface area contributed by atoms with Gasteiger partial charge < -0.3 is 21.7 Å². The first-order chi connectivity index (χ1) is 13.8. The number of rotatable bonds is 6. The highest BCUT2D eigenvalue weighted by Crippen LogP contribution is 2.33. The average molecular weight is 392 g/mol. The predicted octanol–water partition coefficient (Wildman–Crippen LogP) is 0.871. The molecule has 0 amide bonds. The van der Waals surface area contributed by atoms with Gasteiger partial charge in [-0.05, 0) is 17.7 Å². The van der Waals surface area contributed by atoms with Crippen LogP contribution in [0.4, 0.5) is 11.8 Å². The van der Waals surface area contributed by atoms with Crippen molar-refractivity contribution in [3.8, 4) is 12.3 Å². The molecule has 0 fully saturated rings. The number of nitrogens with zero attached hydrogens (tertiary/aromatic N) is 4. The molecule has 0 radical (unpaired) electrons. The number of anilines is 2. The third-order valence-electron chi connectivity index (χ3n) is 4.48. The molecule has 29 heavy (non-hydrogen) atoms. The summed E-state index contributed by atoms with van der Waals surface area (Å²) in [4.78, 5) is 39.6. The number of aromatic nitrogens is 4. The zero-order valence-corrected chi connectivity index (χ0v) is 15.0. The van der Waals surface area contributed by atoms with E-state index in [0.717, 1.165) is 0 Å². The van der Waals surface area contributed by atoms with E-state index in [-0.39, 0.29) is 41.3 Å². The van der Waals surface area contributed by atoms with Gasteiger partial charge in [-0.3, -0.25) is 4.79 Å². The molecule has 10 heteroatoms. The third-order valence-corrected chi connectivity index (χ3v) is 4.48. The van der Waals surface area contributed by atoms with Crippen LogP contribution in [-0.4, -0.2) is 42.1 Å². The van der Waals surface area contributed by atoms with Gasteiger partial charge >= 0.3 is 11.9 Å². The highest BCUT2D eigenvalue weighted by Gasteiger charge is 2.40. The van der Waals surface area contributed by atoms with Crippen LogP contribution in [0.5, 0.6) is 0 Å². The van der Waals surface area contributed by atoms with Crippen molar-refractivity contribution in [3.05, 3.63) is 47.3 Å². The number of fused-ring (bicyclic) bond motifs is 1. The van der Waals surface area contributed by atoms with Crippen molar-refractivity contribution >= 4 is 34.9 Å². The summed E-state index contributed by atoms with van der Waals surface area (Å²) in [7, 11) is 0. The van der Waals surface area contributed by atoms with Crippen LogP contribution < -0.4 is 11.5 Å². The molecule has 3 aromatic rings. The van der Waals surface area contributed by atoms with E-state index in [1.165, 1.54) is 30.5 Å². The number of aromatic carboxylic acids is 1. The van der Waals surface area contributed by atoms with Crippen molar-refractivity contribution in [1.82, 2.24) is 19.9 Å². The van der Waals surface area contributed by atoms with E-state index in [1.54, 1.807) is 0 Å².